The quantitative estimate of drug-likeness (QED) is 0.869. The fourth-order valence-corrected chi connectivity index (χ4v) is 3.40. The van der Waals surface area contributed by atoms with E-state index in [1.54, 1.807) is 20.3 Å². The van der Waals surface area contributed by atoms with Crippen LogP contribution in [0.3, 0.4) is 0 Å². The number of rotatable bonds is 4. The molecule has 0 unspecified atom stereocenters. The number of carbonyl (C=O) groups excluding carboxylic acids is 1. The summed E-state index contributed by atoms with van der Waals surface area (Å²) in [6, 6.07) is 3.98. The second-order valence-electron chi connectivity index (χ2n) is 5.98. The molecule has 1 aromatic carbocycles. The molecule has 1 N–H and O–H groups in total. The first-order valence-corrected chi connectivity index (χ1v) is 7.97. The summed E-state index contributed by atoms with van der Waals surface area (Å²) in [6.45, 7) is 0.840. The number of fused-ring (bicyclic) bond motifs is 1. The van der Waals surface area contributed by atoms with Crippen LogP contribution in [0.5, 0.6) is 11.5 Å². The lowest BCUT2D eigenvalue weighted by molar-refractivity contribution is -0.117. The van der Waals surface area contributed by atoms with Crippen molar-refractivity contribution in [3.8, 4) is 11.5 Å². The van der Waals surface area contributed by atoms with E-state index < -0.39 is 0 Å². The van der Waals surface area contributed by atoms with Gasteiger partial charge in [0.25, 0.3) is 0 Å². The standard InChI is InChI=1S/C18H23NO3/c1-21-17-9-13-7-8-19-15(14(13)10-18(17)22-2)11-16(20)12-5-3-4-6-12/h9-12,19H,3-8H2,1-2H3/b15-11+. The van der Waals surface area contributed by atoms with E-state index in [4.69, 9.17) is 9.47 Å². The van der Waals surface area contributed by atoms with Crippen molar-refractivity contribution in [2.24, 2.45) is 5.92 Å². The smallest absolute Gasteiger partial charge is 0.161 e. The first-order valence-electron chi connectivity index (χ1n) is 7.97. The van der Waals surface area contributed by atoms with Gasteiger partial charge in [0, 0.05) is 29.8 Å². The maximum atomic E-state index is 12.4. The summed E-state index contributed by atoms with van der Waals surface area (Å²) in [5.74, 6) is 1.90. The van der Waals surface area contributed by atoms with E-state index in [0.717, 1.165) is 42.8 Å². The van der Waals surface area contributed by atoms with E-state index in [2.05, 4.69) is 5.32 Å². The minimum Gasteiger partial charge on any atom is -0.493 e. The predicted molar refractivity (Wildman–Crippen MR) is 86.2 cm³/mol. The zero-order valence-corrected chi connectivity index (χ0v) is 13.3. The molecule has 4 nitrogen and oxygen atoms in total. The number of methoxy groups -OCH3 is 2. The minimum absolute atomic E-state index is 0.208. The van der Waals surface area contributed by atoms with Gasteiger partial charge in [-0.3, -0.25) is 4.79 Å². The van der Waals surface area contributed by atoms with Crippen molar-refractivity contribution < 1.29 is 14.3 Å². The summed E-state index contributed by atoms with van der Waals surface area (Å²) in [7, 11) is 3.28. The SMILES string of the molecule is COc1cc2c(cc1OC)/C(=C\C(=O)C1CCCC1)NCC2. The number of ketones is 1. The number of benzene rings is 1. The average molecular weight is 301 g/mol. The number of hydrogen-bond acceptors (Lipinski definition) is 4. The van der Waals surface area contributed by atoms with Crippen LogP contribution in [-0.4, -0.2) is 26.5 Å². The Morgan fingerprint density at radius 1 is 1.18 bits per heavy atom. The van der Waals surface area contributed by atoms with E-state index >= 15 is 0 Å². The molecule has 1 aromatic rings. The molecule has 4 heteroatoms. The molecule has 22 heavy (non-hydrogen) atoms. The van der Waals surface area contributed by atoms with Gasteiger partial charge in [-0.1, -0.05) is 12.8 Å². The topological polar surface area (TPSA) is 47.6 Å². The Hall–Kier alpha value is -1.97. The maximum absolute atomic E-state index is 12.4. The van der Waals surface area contributed by atoms with E-state index in [-0.39, 0.29) is 11.7 Å². The summed E-state index contributed by atoms with van der Waals surface area (Å²) in [5.41, 5.74) is 3.16. The maximum Gasteiger partial charge on any atom is 0.161 e. The van der Waals surface area contributed by atoms with Crippen LogP contribution in [0.2, 0.25) is 0 Å². The van der Waals surface area contributed by atoms with Gasteiger partial charge in [-0.05, 0) is 37.0 Å². The molecule has 1 heterocycles. The van der Waals surface area contributed by atoms with Crippen LogP contribution in [0, 0.1) is 5.92 Å². The van der Waals surface area contributed by atoms with Crippen molar-refractivity contribution in [3.05, 3.63) is 29.3 Å². The van der Waals surface area contributed by atoms with Crippen LogP contribution >= 0.6 is 0 Å². The zero-order valence-electron chi connectivity index (χ0n) is 13.3. The number of allylic oxidation sites excluding steroid dienone is 1. The van der Waals surface area contributed by atoms with Gasteiger partial charge in [0.05, 0.1) is 14.2 Å². The lowest BCUT2D eigenvalue weighted by Crippen LogP contribution is -2.24. The normalized spacial score (nSPS) is 19.6. The number of nitrogens with one attached hydrogen (secondary N) is 1. The fraction of sp³-hybridized carbons (Fsp3) is 0.500. The monoisotopic (exact) mass is 301 g/mol. The first kappa shape index (κ1) is 14.9. The molecule has 1 aliphatic carbocycles. The Balaban J connectivity index is 1.94. The third-order valence-corrected chi connectivity index (χ3v) is 4.65. The van der Waals surface area contributed by atoms with Crippen LogP contribution in [-0.2, 0) is 11.2 Å². The number of carbonyl (C=O) groups is 1. The molecule has 0 amide bonds. The van der Waals surface area contributed by atoms with Crippen molar-refractivity contribution in [3.63, 3.8) is 0 Å². The second-order valence-corrected chi connectivity index (χ2v) is 5.98. The summed E-state index contributed by atoms with van der Waals surface area (Å²) >= 11 is 0. The Kier molecular flexibility index (Phi) is 4.36. The largest absolute Gasteiger partial charge is 0.493 e. The molecule has 2 aliphatic rings. The predicted octanol–water partition coefficient (Wildman–Crippen LogP) is 2.95. The van der Waals surface area contributed by atoms with Crippen molar-refractivity contribution in [1.82, 2.24) is 5.32 Å². The van der Waals surface area contributed by atoms with Crippen LogP contribution in [0.25, 0.3) is 5.70 Å². The number of hydrogen-bond donors (Lipinski definition) is 1. The van der Waals surface area contributed by atoms with Crippen molar-refractivity contribution in [1.29, 1.82) is 0 Å². The van der Waals surface area contributed by atoms with Gasteiger partial charge >= 0.3 is 0 Å². The summed E-state index contributed by atoms with van der Waals surface area (Å²) in [6.07, 6.45) is 7.12. The Morgan fingerprint density at radius 2 is 1.86 bits per heavy atom. The van der Waals surface area contributed by atoms with Gasteiger partial charge in [-0.15, -0.1) is 0 Å². The van der Waals surface area contributed by atoms with Gasteiger partial charge in [-0.2, -0.15) is 0 Å². The molecule has 3 rings (SSSR count). The third-order valence-electron chi connectivity index (χ3n) is 4.65. The Bertz CT molecular complexity index is 601. The summed E-state index contributed by atoms with van der Waals surface area (Å²) in [4.78, 5) is 12.4. The van der Waals surface area contributed by atoms with E-state index in [1.807, 2.05) is 12.1 Å². The third kappa shape index (κ3) is 2.82. The lowest BCUT2D eigenvalue weighted by atomic mass is 9.94. The highest BCUT2D eigenvalue weighted by molar-refractivity contribution is 5.98. The highest BCUT2D eigenvalue weighted by Crippen LogP contribution is 2.35. The molecule has 1 saturated carbocycles. The second kappa shape index (κ2) is 6.42. The minimum atomic E-state index is 0.208. The molecule has 0 bridgehead atoms. The molecule has 118 valence electrons. The molecule has 0 atom stereocenters. The Labute approximate surface area is 131 Å². The van der Waals surface area contributed by atoms with Crippen LogP contribution in [0.4, 0.5) is 0 Å². The van der Waals surface area contributed by atoms with Crippen molar-refractivity contribution in [2.45, 2.75) is 32.1 Å². The molecular formula is C18H23NO3. The van der Waals surface area contributed by atoms with Gasteiger partial charge in [0.15, 0.2) is 17.3 Å². The van der Waals surface area contributed by atoms with Crippen LogP contribution < -0.4 is 14.8 Å². The lowest BCUT2D eigenvalue weighted by Gasteiger charge is -2.23. The average Bonchev–Trinajstić information content (AvgIpc) is 3.08. The van der Waals surface area contributed by atoms with Gasteiger partial charge in [-0.25, -0.2) is 0 Å². The van der Waals surface area contributed by atoms with Gasteiger partial charge < -0.3 is 14.8 Å². The summed E-state index contributed by atoms with van der Waals surface area (Å²) < 4.78 is 10.8. The molecule has 1 fully saturated rings. The summed E-state index contributed by atoms with van der Waals surface area (Å²) in [5, 5.41) is 3.36. The molecule has 0 radical (unpaired) electrons. The Morgan fingerprint density at radius 3 is 2.55 bits per heavy atom. The highest BCUT2D eigenvalue weighted by atomic mass is 16.5. The van der Waals surface area contributed by atoms with Crippen LogP contribution in [0.1, 0.15) is 36.8 Å². The molecule has 0 aromatic heterocycles. The molecular weight excluding hydrogens is 278 g/mol. The highest BCUT2D eigenvalue weighted by Gasteiger charge is 2.23. The van der Waals surface area contributed by atoms with E-state index in [9.17, 15) is 4.79 Å². The molecule has 0 spiro atoms. The van der Waals surface area contributed by atoms with Gasteiger partial charge in [0.1, 0.15) is 0 Å². The first-order chi connectivity index (χ1) is 10.7. The van der Waals surface area contributed by atoms with E-state index in [1.165, 1.54) is 18.4 Å². The van der Waals surface area contributed by atoms with E-state index in [0.29, 0.717) is 5.75 Å². The molecule has 0 saturated heterocycles. The van der Waals surface area contributed by atoms with Crippen LogP contribution in [0.15, 0.2) is 18.2 Å². The van der Waals surface area contributed by atoms with Crippen molar-refractivity contribution >= 4 is 11.5 Å². The fourth-order valence-electron chi connectivity index (χ4n) is 3.40. The van der Waals surface area contributed by atoms with Crippen molar-refractivity contribution in [2.75, 3.05) is 20.8 Å². The van der Waals surface area contributed by atoms with Gasteiger partial charge in [0.2, 0.25) is 0 Å². The molecule has 1 aliphatic heterocycles. The zero-order chi connectivity index (χ0) is 15.5. The number of ether oxygens (including phenoxy) is 2.